The fraction of sp³-hybridized carbons (Fsp3) is 0. The van der Waals surface area contributed by atoms with Crippen LogP contribution < -0.4 is 0 Å². The van der Waals surface area contributed by atoms with Gasteiger partial charge >= 0.3 is 0 Å². The second kappa shape index (κ2) is 11.8. The summed E-state index contributed by atoms with van der Waals surface area (Å²) >= 11 is 0. The Morgan fingerprint density at radius 3 is 1.82 bits per heavy atom. The Bertz CT molecular complexity index is 4120. The zero-order valence-corrected chi connectivity index (χ0v) is 32.3. The Morgan fingerprint density at radius 2 is 0.950 bits per heavy atom. The minimum Gasteiger partial charge on any atom is -0.308 e. The number of fused-ring (bicyclic) bond motifs is 17. The Kier molecular flexibility index (Phi) is 6.26. The summed E-state index contributed by atoms with van der Waals surface area (Å²) in [6.07, 6.45) is 0. The smallest absolute Gasteiger partial charge is 0.160 e. The highest BCUT2D eigenvalue weighted by molar-refractivity contribution is 6.40. The van der Waals surface area contributed by atoms with Gasteiger partial charge in [0.2, 0.25) is 0 Å². The number of aromatic nitrogens is 4. The van der Waals surface area contributed by atoms with Gasteiger partial charge < -0.3 is 8.97 Å². The summed E-state index contributed by atoms with van der Waals surface area (Å²) in [6, 6.07) is 70.5. The minimum atomic E-state index is 0.723. The Labute approximate surface area is 343 Å². The average molecular weight is 761 g/mol. The summed E-state index contributed by atoms with van der Waals surface area (Å²) in [7, 11) is 0. The van der Waals surface area contributed by atoms with Gasteiger partial charge in [-0.15, -0.1) is 0 Å². The first-order valence-electron chi connectivity index (χ1n) is 20.6. The van der Waals surface area contributed by atoms with Gasteiger partial charge in [0.1, 0.15) is 0 Å². The van der Waals surface area contributed by atoms with Gasteiger partial charge in [-0.2, -0.15) is 0 Å². The molecular weight excluding hydrogens is 729 g/mol. The van der Waals surface area contributed by atoms with Crippen LogP contribution in [0.3, 0.4) is 0 Å². The third kappa shape index (κ3) is 4.09. The Hall–Kier alpha value is -8.08. The normalized spacial score (nSPS) is 12.3. The van der Waals surface area contributed by atoms with Crippen molar-refractivity contribution in [1.82, 2.24) is 18.9 Å². The molecule has 0 amide bonds. The SMILES string of the molecule is c1ccc(-c2nc(-c3ccc(-n4c5ccccc5c5c4c4ccccc4c4c6cccc7c8ccc9ccccc9c8n(c76)c45)c4ccccc34)c3ccccc3n2)cc1. The van der Waals surface area contributed by atoms with Crippen molar-refractivity contribution in [3.63, 3.8) is 0 Å². The van der Waals surface area contributed by atoms with Gasteiger partial charge in [0, 0.05) is 65.0 Å². The molecule has 0 aliphatic rings. The third-order valence-electron chi connectivity index (χ3n) is 13.0. The lowest BCUT2D eigenvalue weighted by molar-refractivity contribution is 1.20. The lowest BCUT2D eigenvalue weighted by atomic mass is 9.97. The molecule has 4 heteroatoms. The zero-order valence-electron chi connectivity index (χ0n) is 32.3. The van der Waals surface area contributed by atoms with E-state index in [9.17, 15) is 0 Å². The van der Waals surface area contributed by atoms with Crippen molar-refractivity contribution in [2.75, 3.05) is 0 Å². The minimum absolute atomic E-state index is 0.723. The largest absolute Gasteiger partial charge is 0.308 e. The molecule has 10 aromatic carbocycles. The van der Waals surface area contributed by atoms with Crippen molar-refractivity contribution in [1.29, 1.82) is 0 Å². The predicted octanol–water partition coefficient (Wildman–Crippen LogP) is 14.7. The van der Waals surface area contributed by atoms with Gasteiger partial charge in [0.05, 0.1) is 44.5 Å². The van der Waals surface area contributed by atoms with Gasteiger partial charge in [-0.3, -0.25) is 0 Å². The second-order valence-electron chi connectivity index (χ2n) is 16.0. The maximum Gasteiger partial charge on any atom is 0.160 e. The number of benzene rings is 10. The summed E-state index contributed by atoms with van der Waals surface area (Å²) in [6.45, 7) is 0. The quantitative estimate of drug-likeness (QED) is 0.180. The van der Waals surface area contributed by atoms with E-state index in [0.717, 1.165) is 50.0 Å². The highest BCUT2D eigenvalue weighted by Crippen LogP contribution is 2.50. The molecule has 0 radical (unpaired) electrons. The van der Waals surface area contributed by atoms with Crippen molar-refractivity contribution in [3.8, 4) is 28.3 Å². The van der Waals surface area contributed by atoms with E-state index >= 15 is 0 Å². The van der Waals surface area contributed by atoms with Crippen LogP contribution in [-0.4, -0.2) is 18.9 Å². The molecule has 0 N–H and O–H groups in total. The van der Waals surface area contributed by atoms with Crippen molar-refractivity contribution >= 4 is 103 Å². The first kappa shape index (κ1) is 31.9. The molecular formula is C56H32N4. The van der Waals surface area contributed by atoms with Gasteiger partial charge in [-0.05, 0) is 34.4 Å². The molecule has 0 atom stereocenters. The third-order valence-corrected chi connectivity index (χ3v) is 13.0. The fourth-order valence-electron chi connectivity index (χ4n) is 10.6. The maximum absolute atomic E-state index is 5.32. The van der Waals surface area contributed by atoms with Crippen molar-refractivity contribution in [2.45, 2.75) is 0 Å². The lowest BCUT2D eigenvalue weighted by Gasteiger charge is -2.17. The lowest BCUT2D eigenvalue weighted by Crippen LogP contribution is -1.99. The number of para-hydroxylation sites is 3. The van der Waals surface area contributed by atoms with Crippen LogP contribution in [0.4, 0.5) is 0 Å². The molecule has 0 fully saturated rings. The summed E-state index contributed by atoms with van der Waals surface area (Å²) in [5.74, 6) is 0.723. The van der Waals surface area contributed by atoms with E-state index in [4.69, 9.17) is 9.97 Å². The van der Waals surface area contributed by atoms with E-state index in [1.165, 1.54) is 81.4 Å². The van der Waals surface area contributed by atoms with E-state index in [-0.39, 0.29) is 0 Å². The van der Waals surface area contributed by atoms with Crippen LogP contribution in [0.15, 0.2) is 194 Å². The molecule has 4 aromatic heterocycles. The number of hydrogen-bond acceptors (Lipinski definition) is 2. The number of hydrogen-bond donors (Lipinski definition) is 0. The van der Waals surface area contributed by atoms with Crippen LogP contribution in [0.25, 0.3) is 131 Å². The van der Waals surface area contributed by atoms with Gasteiger partial charge in [0.15, 0.2) is 5.82 Å². The van der Waals surface area contributed by atoms with E-state index in [2.05, 4.69) is 185 Å². The highest BCUT2D eigenvalue weighted by atomic mass is 15.0. The van der Waals surface area contributed by atoms with Crippen LogP contribution in [0.1, 0.15) is 0 Å². The molecule has 4 heterocycles. The van der Waals surface area contributed by atoms with Crippen LogP contribution >= 0.6 is 0 Å². The molecule has 0 unspecified atom stereocenters. The van der Waals surface area contributed by atoms with Crippen LogP contribution in [0.2, 0.25) is 0 Å². The summed E-state index contributed by atoms with van der Waals surface area (Å²) in [5.41, 5.74) is 11.3. The van der Waals surface area contributed by atoms with Gasteiger partial charge in [-0.25, -0.2) is 9.97 Å². The maximum atomic E-state index is 5.32. The van der Waals surface area contributed by atoms with Crippen molar-refractivity contribution in [2.24, 2.45) is 0 Å². The van der Waals surface area contributed by atoms with E-state index < -0.39 is 0 Å². The molecule has 0 saturated heterocycles. The van der Waals surface area contributed by atoms with Crippen LogP contribution in [0, 0.1) is 0 Å². The Morgan fingerprint density at radius 1 is 0.333 bits per heavy atom. The topological polar surface area (TPSA) is 35.1 Å². The molecule has 0 saturated carbocycles. The molecule has 0 bridgehead atoms. The van der Waals surface area contributed by atoms with Crippen molar-refractivity contribution < 1.29 is 0 Å². The van der Waals surface area contributed by atoms with E-state index in [1.807, 2.05) is 18.2 Å². The first-order chi connectivity index (χ1) is 29.8. The molecule has 0 spiro atoms. The molecule has 60 heavy (non-hydrogen) atoms. The van der Waals surface area contributed by atoms with Gasteiger partial charge in [-0.1, -0.05) is 176 Å². The summed E-state index contributed by atoms with van der Waals surface area (Å²) < 4.78 is 5.14. The standard InChI is InChI=1S/C56H32N4/c1-2-16-34(17-3-1)56-57-46-27-12-10-23-43(46)51(58-56)39-31-32-48(37-20-7-6-19-36(37)39)59-47-28-13-11-24-44(47)50-54(59)40-22-9-8-21-38(40)49-45-26-14-25-41-42-30-29-33-15-4-5-18-35(33)52(42)60(53(41)45)55(49)50/h1-32H. The molecule has 0 aliphatic carbocycles. The monoisotopic (exact) mass is 760 g/mol. The number of rotatable bonds is 3. The van der Waals surface area contributed by atoms with Gasteiger partial charge in [0.25, 0.3) is 0 Å². The molecule has 276 valence electrons. The molecule has 0 aliphatic heterocycles. The molecule has 14 aromatic rings. The first-order valence-corrected chi connectivity index (χ1v) is 20.6. The highest BCUT2D eigenvalue weighted by Gasteiger charge is 2.27. The van der Waals surface area contributed by atoms with E-state index in [1.54, 1.807) is 0 Å². The van der Waals surface area contributed by atoms with E-state index in [0.29, 0.717) is 0 Å². The van der Waals surface area contributed by atoms with Crippen molar-refractivity contribution in [3.05, 3.63) is 194 Å². The average Bonchev–Trinajstić information content (AvgIpc) is 3.97. The summed E-state index contributed by atoms with van der Waals surface area (Å²) in [5, 5.41) is 16.0. The Balaban J connectivity index is 1.16. The second-order valence-corrected chi connectivity index (χ2v) is 16.0. The van der Waals surface area contributed by atoms with Crippen LogP contribution in [-0.2, 0) is 0 Å². The summed E-state index contributed by atoms with van der Waals surface area (Å²) in [4.78, 5) is 10.4. The van der Waals surface area contributed by atoms with Crippen LogP contribution in [0.5, 0.6) is 0 Å². The molecule has 4 nitrogen and oxygen atoms in total. The number of nitrogens with zero attached hydrogens (tertiary/aromatic N) is 4. The predicted molar refractivity (Wildman–Crippen MR) is 252 cm³/mol. The molecule has 14 rings (SSSR count). The fourth-order valence-corrected chi connectivity index (χ4v) is 10.6. The zero-order chi connectivity index (χ0) is 39.1.